The van der Waals surface area contributed by atoms with E-state index in [2.05, 4.69) is 19.8 Å². The summed E-state index contributed by atoms with van der Waals surface area (Å²) in [5.74, 6) is -0.334. The second-order valence-electron chi connectivity index (χ2n) is 7.88. The maximum absolute atomic E-state index is 12.5. The molecule has 1 aliphatic rings. The van der Waals surface area contributed by atoms with E-state index in [1.165, 1.54) is 29.1 Å². The van der Waals surface area contributed by atoms with Gasteiger partial charge in [-0.25, -0.2) is 0 Å². The van der Waals surface area contributed by atoms with Gasteiger partial charge in [-0.1, -0.05) is 31.2 Å². The van der Waals surface area contributed by atoms with Gasteiger partial charge >= 0.3 is 6.36 Å². The van der Waals surface area contributed by atoms with Gasteiger partial charge in [0.05, 0.1) is 18.1 Å². The Hall–Kier alpha value is -2.91. The Kier molecular flexibility index (Phi) is 4.82. The van der Waals surface area contributed by atoms with Crippen LogP contribution in [0.5, 0.6) is 5.75 Å². The van der Waals surface area contributed by atoms with Gasteiger partial charge in [-0.3, -0.25) is 0 Å². The van der Waals surface area contributed by atoms with E-state index in [4.69, 9.17) is 0 Å². The van der Waals surface area contributed by atoms with Gasteiger partial charge in [0.1, 0.15) is 11.4 Å². The van der Waals surface area contributed by atoms with E-state index in [0.717, 1.165) is 0 Å². The van der Waals surface area contributed by atoms with Crippen molar-refractivity contribution in [2.45, 2.75) is 18.9 Å². The standard InChI is InChI=1S/C21H21F3N4O2/c1-19(13-27(2)14-19)20(29,15-6-8-18(9-7-15)30-21(22,23)24)16-4-3-5-17(12-16)28-25-10-11-26-28/h3-12,29H,13-14H2,1-2H3. The molecule has 3 aromatic rings. The zero-order chi connectivity index (χ0) is 21.6. The van der Waals surface area contributed by atoms with Gasteiger partial charge in [0.25, 0.3) is 0 Å². The number of ether oxygens (including phenoxy) is 1. The largest absolute Gasteiger partial charge is 0.573 e. The maximum Gasteiger partial charge on any atom is 0.573 e. The maximum atomic E-state index is 12.5. The highest BCUT2D eigenvalue weighted by Crippen LogP contribution is 2.50. The molecule has 0 spiro atoms. The number of alkyl halides is 3. The Balaban J connectivity index is 1.78. The monoisotopic (exact) mass is 418 g/mol. The number of aromatic nitrogens is 3. The molecule has 9 heteroatoms. The van der Waals surface area contributed by atoms with Crippen molar-refractivity contribution in [2.75, 3.05) is 20.1 Å². The average Bonchev–Trinajstić information content (AvgIpc) is 3.20. The minimum atomic E-state index is -4.77. The quantitative estimate of drug-likeness (QED) is 0.689. The van der Waals surface area contributed by atoms with Gasteiger partial charge in [-0.2, -0.15) is 15.0 Å². The van der Waals surface area contributed by atoms with Gasteiger partial charge in [0.2, 0.25) is 0 Å². The molecule has 0 saturated carbocycles. The van der Waals surface area contributed by atoms with Crippen molar-refractivity contribution < 1.29 is 23.0 Å². The van der Waals surface area contributed by atoms with Gasteiger partial charge in [0, 0.05) is 18.5 Å². The Morgan fingerprint density at radius 1 is 1.00 bits per heavy atom. The molecular formula is C21H21F3N4O2. The summed E-state index contributed by atoms with van der Waals surface area (Å²) in [6, 6.07) is 12.6. The minimum Gasteiger partial charge on any atom is -0.406 e. The number of aliphatic hydroxyl groups is 1. The van der Waals surface area contributed by atoms with Gasteiger partial charge in [0.15, 0.2) is 0 Å². The number of rotatable bonds is 5. The number of likely N-dealkylation sites (tertiary alicyclic amines) is 1. The molecule has 0 bridgehead atoms. The molecule has 0 amide bonds. The van der Waals surface area contributed by atoms with E-state index in [-0.39, 0.29) is 5.75 Å². The van der Waals surface area contributed by atoms with Gasteiger partial charge in [-0.05, 0) is 42.4 Å². The van der Waals surface area contributed by atoms with Crippen LogP contribution in [0.25, 0.3) is 5.69 Å². The first-order valence-corrected chi connectivity index (χ1v) is 9.35. The SMILES string of the molecule is CN1CC(C)(C(O)(c2ccc(OC(F)(F)F)cc2)c2cccc(-n3nccn3)c2)C1. The van der Waals surface area contributed by atoms with Crippen LogP contribution >= 0.6 is 0 Å². The fourth-order valence-electron chi connectivity index (χ4n) is 4.34. The van der Waals surface area contributed by atoms with Crippen LogP contribution in [-0.4, -0.2) is 51.5 Å². The van der Waals surface area contributed by atoms with Crippen LogP contribution in [0.4, 0.5) is 13.2 Å². The number of halogens is 3. The summed E-state index contributed by atoms with van der Waals surface area (Å²) in [5.41, 5.74) is -0.233. The normalized spacial score (nSPS) is 18.5. The smallest absolute Gasteiger partial charge is 0.406 e. The number of hydrogen-bond donors (Lipinski definition) is 1. The molecule has 1 aromatic heterocycles. The second-order valence-corrected chi connectivity index (χ2v) is 7.88. The third-order valence-electron chi connectivity index (χ3n) is 5.53. The lowest BCUT2D eigenvalue weighted by molar-refractivity contribution is -0.274. The molecule has 1 fully saturated rings. The first-order valence-electron chi connectivity index (χ1n) is 9.35. The molecule has 1 unspecified atom stereocenters. The molecular weight excluding hydrogens is 397 g/mol. The second kappa shape index (κ2) is 7.10. The van der Waals surface area contributed by atoms with E-state index >= 15 is 0 Å². The third-order valence-corrected chi connectivity index (χ3v) is 5.53. The topological polar surface area (TPSA) is 63.4 Å². The lowest BCUT2D eigenvalue weighted by Gasteiger charge is -2.56. The number of hydrogen-bond acceptors (Lipinski definition) is 5. The van der Waals surface area contributed by atoms with E-state index in [9.17, 15) is 18.3 Å². The van der Waals surface area contributed by atoms with Crippen molar-refractivity contribution in [3.05, 3.63) is 72.1 Å². The van der Waals surface area contributed by atoms with Crippen LogP contribution < -0.4 is 4.74 Å². The van der Waals surface area contributed by atoms with Crippen LogP contribution in [0, 0.1) is 5.41 Å². The fraction of sp³-hybridized carbons (Fsp3) is 0.333. The Morgan fingerprint density at radius 2 is 1.63 bits per heavy atom. The van der Waals surface area contributed by atoms with Crippen molar-refractivity contribution in [1.29, 1.82) is 0 Å². The Labute approximate surface area is 171 Å². The van der Waals surface area contributed by atoms with Crippen LogP contribution in [0.3, 0.4) is 0 Å². The summed E-state index contributed by atoms with van der Waals surface area (Å²) < 4.78 is 41.5. The van der Waals surface area contributed by atoms with E-state index in [1.54, 1.807) is 30.6 Å². The lowest BCUT2D eigenvalue weighted by atomic mass is 9.62. The van der Waals surface area contributed by atoms with E-state index in [0.29, 0.717) is 29.9 Å². The molecule has 30 heavy (non-hydrogen) atoms. The first kappa shape index (κ1) is 20.4. The zero-order valence-corrected chi connectivity index (χ0v) is 16.5. The van der Waals surface area contributed by atoms with Crippen molar-refractivity contribution in [3.63, 3.8) is 0 Å². The lowest BCUT2D eigenvalue weighted by Crippen LogP contribution is -2.63. The summed E-state index contributed by atoms with van der Waals surface area (Å²) in [6.45, 7) is 3.20. The van der Waals surface area contributed by atoms with Crippen LogP contribution in [0.1, 0.15) is 18.1 Å². The summed E-state index contributed by atoms with van der Waals surface area (Å²) in [5, 5.41) is 20.3. The Morgan fingerprint density at radius 3 is 2.20 bits per heavy atom. The van der Waals surface area contributed by atoms with Crippen molar-refractivity contribution in [2.24, 2.45) is 5.41 Å². The third kappa shape index (κ3) is 3.54. The molecule has 1 N–H and O–H groups in total. The molecule has 1 saturated heterocycles. The molecule has 0 radical (unpaired) electrons. The summed E-state index contributed by atoms with van der Waals surface area (Å²) in [4.78, 5) is 3.52. The average molecular weight is 418 g/mol. The van der Waals surface area contributed by atoms with Crippen LogP contribution in [0.2, 0.25) is 0 Å². The molecule has 2 heterocycles. The number of benzene rings is 2. The van der Waals surface area contributed by atoms with Gasteiger partial charge < -0.3 is 14.7 Å². The summed E-state index contributed by atoms with van der Waals surface area (Å²) in [6.07, 6.45) is -1.66. The number of nitrogens with zero attached hydrogens (tertiary/aromatic N) is 4. The zero-order valence-electron chi connectivity index (χ0n) is 16.5. The predicted octanol–water partition coefficient (Wildman–Crippen LogP) is 3.35. The van der Waals surface area contributed by atoms with Crippen molar-refractivity contribution in [3.8, 4) is 11.4 Å². The molecule has 0 aliphatic carbocycles. The molecule has 2 aromatic carbocycles. The molecule has 1 atom stereocenters. The Bertz CT molecular complexity index is 1020. The van der Waals surface area contributed by atoms with Gasteiger partial charge in [-0.15, -0.1) is 13.2 Å². The molecule has 1 aliphatic heterocycles. The first-order chi connectivity index (χ1) is 14.1. The van der Waals surface area contributed by atoms with Crippen LogP contribution in [-0.2, 0) is 5.60 Å². The highest BCUT2D eigenvalue weighted by atomic mass is 19.4. The van der Waals surface area contributed by atoms with Crippen LogP contribution in [0.15, 0.2) is 60.9 Å². The summed E-state index contributed by atoms with van der Waals surface area (Å²) >= 11 is 0. The highest BCUT2D eigenvalue weighted by Gasteiger charge is 2.55. The van der Waals surface area contributed by atoms with Crippen molar-refractivity contribution >= 4 is 0 Å². The highest BCUT2D eigenvalue weighted by molar-refractivity contribution is 5.46. The minimum absolute atomic E-state index is 0.334. The van der Waals surface area contributed by atoms with E-state index in [1.807, 2.05) is 20.0 Å². The molecule has 158 valence electrons. The fourth-order valence-corrected chi connectivity index (χ4v) is 4.34. The molecule has 4 rings (SSSR count). The predicted molar refractivity (Wildman–Crippen MR) is 103 cm³/mol. The van der Waals surface area contributed by atoms with E-state index < -0.39 is 17.4 Å². The van der Waals surface area contributed by atoms with Crippen molar-refractivity contribution in [1.82, 2.24) is 19.9 Å². The molecule has 6 nitrogen and oxygen atoms in total. The summed E-state index contributed by atoms with van der Waals surface area (Å²) in [7, 11) is 1.95.